The molecule has 2 aromatic heterocycles. The van der Waals surface area contributed by atoms with Crippen molar-refractivity contribution in [2.45, 2.75) is 32.2 Å². The van der Waals surface area contributed by atoms with Crippen LogP contribution in [0.3, 0.4) is 0 Å². The SMILES string of the molecule is COC(=O)CC1C=C(C)C(c2cc3cnc(NC(=O)C4CC4)cc3cn2)=CN1. The van der Waals surface area contributed by atoms with Crippen LogP contribution in [0.1, 0.15) is 31.9 Å². The Morgan fingerprint density at radius 3 is 2.68 bits per heavy atom. The van der Waals surface area contributed by atoms with E-state index in [0.29, 0.717) is 5.82 Å². The van der Waals surface area contributed by atoms with Crippen LogP contribution in [-0.2, 0) is 14.3 Å². The second kappa shape index (κ2) is 7.42. The molecule has 1 amide bonds. The van der Waals surface area contributed by atoms with Crippen LogP contribution in [-0.4, -0.2) is 35.0 Å². The van der Waals surface area contributed by atoms with Crippen molar-refractivity contribution < 1.29 is 14.3 Å². The highest BCUT2D eigenvalue weighted by Gasteiger charge is 2.29. The van der Waals surface area contributed by atoms with Crippen molar-refractivity contribution in [1.82, 2.24) is 15.3 Å². The van der Waals surface area contributed by atoms with Gasteiger partial charge in [-0.25, -0.2) is 4.98 Å². The monoisotopic (exact) mass is 378 g/mol. The van der Waals surface area contributed by atoms with Crippen molar-refractivity contribution in [3.63, 3.8) is 0 Å². The third-order valence-corrected chi connectivity index (χ3v) is 5.01. The van der Waals surface area contributed by atoms with E-state index in [2.05, 4.69) is 20.6 Å². The zero-order valence-corrected chi connectivity index (χ0v) is 15.9. The van der Waals surface area contributed by atoms with Gasteiger partial charge in [-0.3, -0.25) is 14.6 Å². The summed E-state index contributed by atoms with van der Waals surface area (Å²) in [7, 11) is 1.39. The molecule has 1 fully saturated rings. The molecule has 0 radical (unpaired) electrons. The van der Waals surface area contributed by atoms with Crippen LogP contribution < -0.4 is 10.6 Å². The first-order chi connectivity index (χ1) is 13.5. The predicted octanol–water partition coefficient (Wildman–Crippen LogP) is 2.80. The van der Waals surface area contributed by atoms with E-state index < -0.39 is 0 Å². The van der Waals surface area contributed by atoms with Gasteiger partial charge in [-0.2, -0.15) is 0 Å². The van der Waals surface area contributed by atoms with Crippen molar-refractivity contribution in [3.05, 3.63) is 48.1 Å². The number of methoxy groups -OCH3 is 1. The van der Waals surface area contributed by atoms with Crippen LogP contribution in [0.15, 0.2) is 42.4 Å². The van der Waals surface area contributed by atoms with Crippen molar-refractivity contribution in [2.75, 3.05) is 12.4 Å². The molecule has 7 nitrogen and oxygen atoms in total. The van der Waals surface area contributed by atoms with Crippen LogP contribution in [0.2, 0.25) is 0 Å². The van der Waals surface area contributed by atoms with Gasteiger partial charge in [0.25, 0.3) is 0 Å². The number of anilines is 1. The molecule has 1 unspecified atom stereocenters. The van der Waals surface area contributed by atoms with Gasteiger partial charge in [0.1, 0.15) is 5.82 Å². The molecule has 1 saturated carbocycles. The highest BCUT2D eigenvalue weighted by molar-refractivity contribution is 5.95. The Hall–Kier alpha value is -3.22. The van der Waals surface area contributed by atoms with E-state index in [1.54, 1.807) is 12.4 Å². The van der Waals surface area contributed by atoms with Gasteiger partial charge in [-0.05, 0) is 37.5 Å². The summed E-state index contributed by atoms with van der Waals surface area (Å²) in [5.74, 6) is 0.482. The quantitative estimate of drug-likeness (QED) is 0.777. The second-order valence-electron chi connectivity index (χ2n) is 7.21. The summed E-state index contributed by atoms with van der Waals surface area (Å²) < 4.78 is 4.72. The van der Waals surface area contributed by atoms with Gasteiger partial charge in [-0.1, -0.05) is 6.08 Å². The number of pyridine rings is 2. The number of esters is 1. The number of nitrogens with zero attached hydrogens (tertiary/aromatic N) is 2. The fourth-order valence-corrected chi connectivity index (χ4v) is 3.23. The zero-order chi connectivity index (χ0) is 19.7. The fourth-order valence-electron chi connectivity index (χ4n) is 3.23. The van der Waals surface area contributed by atoms with Crippen molar-refractivity contribution in [2.24, 2.45) is 5.92 Å². The largest absolute Gasteiger partial charge is 0.469 e. The van der Waals surface area contributed by atoms with E-state index in [1.807, 2.05) is 31.3 Å². The van der Waals surface area contributed by atoms with Gasteiger partial charge in [0, 0.05) is 40.9 Å². The van der Waals surface area contributed by atoms with Gasteiger partial charge in [0.05, 0.1) is 25.3 Å². The highest BCUT2D eigenvalue weighted by Crippen LogP contribution is 2.31. The lowest BCUT2D eigenvalue weighted by Gasteiger charge is -2.21. The van der Waals surface area contributed by atoms with Gasteiger partial charge in [-0.15, -0.1) is 0 Å². The maximum absolute atomic E-state index is 11.9. The smallest absolute Gasteiger partial charge is 0.307 e. The number of fused-ring (bicyclic) bond motifs is 1. The Balaban J connectivity index is 1.52. The molecule has 4 rings (SSSR count). The Morgan fingerprint density at radius 2 is 1.96 bits per heavy atom. The lowest BCUT2D eigenvalue weighted by Crippen LogP contribution is -2.29. The first-order valence-electron chi connectivity index (χ1n) is 9.32. The van der Waals surface area contributed by atoms with E-state index in [0.717, 1.165) is 40.5 Å². The minimum Gasteiger partial charge on any atom is -0.469 e. The molecule has 2 aromatic rings. The summed E-state index contributed by atoms with van der Waals surface area (Å²) in [4.78, 5) is 32.3. The molecule has 7 heteroatoms. The molecular formula is C21H22N4O3. The van der Waals surface area contributed by atoms with E-state index in [9.17, 15) is 9.59 Å². The summed E-state index contributed by atoms with van der Waals surface area (Å²) >= 11 is 0. The van der Waals surface area contributed by atoms with E-state index in [1.165, 1.54) is 7.11 Å². The van der Waals surface area contributed by atoms with Crippen LogP contribution in [0.25, 0.3) is 16.3 Å². The van der Waals surface area contributed by atoms with Crippen molar-refractivity contribution >= 4 is 34.0 Å². The number of carbonyl (C=O) groups is 2. The first-order valence-corrected chi connectivity index (χ1v) is 9.32. The Kier molecular flexibility index (Phi) is 4.81. The zero-order valence-electron chi connectivity index (χ0n) is 15.9. The highest BCUT2D eigenvalue weighted by atomic mass is 16.5. The number of allylic oxidation sites excluding steroid dienone is 2. The lowest BCUT2D eigenvalue weighted by atomic mass is 9.97. The predicted molar refractivity (Wildman–Crippen MR) is 106 cm³/mol. The van der Waals surface area contributed by atoms with E-state index in [4.69, 9.17) is 4.74 Å². The minimum absolute atomic E-state index is 0.0390. The van der Waals surface area contributed by atoms with Crippen LogP contribution in [0.4, 0.5) is 5.82 Å². The molecule has 1 atom stereocenters. The van der Waals surface area contributed by atoms with Crippen LogP contribution >= 0.6 is 0 Å². The first kappa shape index (κ1) is 18.2. The average molecular weight is 378 g/mol. The van der Waals surface area contributed by atoms with Crippen LogP contribution in [0, 0.1) is 5.92 Å². The maximum Gasteiger partial charge on any atom is 0.307 e. The number of carbonyl (C=O) groups excluding carboxylic acids is 2. The number of rotatable bonds is 5. The lowest BCUT2D eigenvalue weighted by molar-refractivity contribution is -0.140. The molecule has 2 aliphatic rings. The van der Waals surface area contributed by atoms with Crippen LogP contribution in [0.5, 0.6) is 0 Å². The second-order valence-corrected chi connectivity index (χ2v) is 7.21. The molecule has 28 heavy (non-hydrogen) atoms. The molecule has 2 N–H and O–H groups in total. The fraction of sp³-hybridized carbons (Fsp3) is 0.333. The van der Waals surface area contributed by atoms with Crippen molar-refractivity contribution in [1.29, 1.82) is 0 Å². The number of dihydropyridines is 1. The molecule has 0 bridgehead atoms. The number of aromatic nitrogens is 2. The Bertz CT molecular complexity index is 1010. The van der Waals surface area contributed by atoms with Crippen molar-refractivity contribution in [3.8, 4) is 0 Å². The Labute approximate surface area is 162 Å². The number of amides is 1. The molecule has 0 saturated heterocycles. The van der Waals surface area contributed by atoms with Gasteiger partial charge >= 0.3 is 5.97 Å². The number of hydrogen-bond donors (Lipinski definition) is 2. The molecule has 0 spiro atoms. The normalized spacial score (nSPS) is 18.7. The average Bonchev–Trinajstić information content (AvgIpc) is 3.53. The maximum atomic E-state index is 11.9. The molecule has 0 aromatic carbocycles. The number of nitrogens with one attached hydrogen (secondary N) is 2. The topological polar surface area (TPSA) is 93.2 Å². The summed E-state index contributed by atoms with van der Waals surface area (Å²) in [5.41, 5.74) is 2.83. The molecule has 3 heterocycles. The summed E-state index contributed by atoms with van der Waals surface area (Å²) in [6, 6.07) is 3.73. The third kappa shape index (κ3) is 3.88. The van der Waals surface area contributed by atoms with Gasteiger partial charge < -0.3 is 15.4 Å². The molecule has 1 aliphatic carbocycles. The standard InChI is InChI=1S/C21H22N4O3/c1-12-5-16(8-20(26)28-2)22-11-17(12)18-6-14-10-24-19(7-15(14)9-23-18)25-21(27)13-3-4-13/h5-7,9-11,13,16,22H,3-4,8H2,1-2H3,(H,24,25,27). The summed E-state index contributed by atoms with van der Waals surface area (Å²) in [6.45, 7) is 2.00. The molecule has 1 aliphatic heterocycles. The summed E-state index contributed by atoms with van der Waals surface area (Å²) in [6.07, 6.45) is 9.62. The minimum atomic E-state index is -0.252. The third-order valence-electron chi connectivity index (χ3n) is 5.01. The van der Waals surface area contributed by atoms with E-state index in [-0.39, 0.29) is 30.3 Å². The number of hydrogen-bond acceptors (Lipinski definition) is 6. The number of ether oxygens (including phenoxy) is 1. The molecule has 144 valence electrons. The molecular weight excluding hydrogens is 356 g/mol. The summed E-state index contributed by atoms with van der Waals surface area (Å²) in [5, 5.41) is 7.94. The Morgan fingerprint density at radius 1 is 1.21 bits per heavy atom. The van der Waals surface area contributed by atoms with Gasteiger partial charge in [0.2, 0.25) is 5.91 Å². The van der Waals surface area contributed by atoms with E-state index >= 15 is 0 Å². The van der Waals surface area contributed by atoms with Gasteiger partial charge in [0.15, 0.2) is 0 Å².